The molecule has 6 nitrogen and oxygen atoms in total. The number of aromatic nitrogens is 1. The van der Waals surface area contributed by atoms with Crippen LogP contribution in [0.2, 0.25) is 5.02 Å². The topological polar surface area (TPSA) is 88.0 Å². The van der Waals surface area contributed by atoms with Gasteiger partial charge in [-0.3, -0.25) is 14.9 Å². The fourth-order valence-corrected chi connectivity index (χ4v) is 3.86. The van der Waals surface area contributed by atoms with Crippen LogP contribution in [0.4, 0.5) is 11.4 Å². The Balaban J connectivity index is 1.79. The summed E-state index contributed by atoms with van der Waals surface area (Å²) in [6, 6.07) is 19.4. The molecule has 5 rings (SSSR count). The third kappa shape index (κ3) is 2.94. The summed E-state index contributed by atoms with van der Waals surface area (Å²) in [5, 5.41) is 15.5. The van der Waals surface area contributed by atoms with Gasteiger partial charge in [0.15, 0.2) is 0 Å². The Morgan fingerprint density at radius 1 is 1.00 bits per heavy atom. The van der Waals surface area contributed by atoms with Crippen molar-refractivity contribution in [2.24, 2.45) is 0 Å². The molecule has 2 heterocycles. The van der Waals surface area contributed by atoms with Gasteiger partial charge in [-0.05, 0) is 35.9 Å². The van der Waals surface area contributed by atoms with Crippen molar-refractivity contribution in [1.29, 1.82) is 0 Å². The molecule has 1 aliphatic heterocycles. The van der Waals surface area contributed by atoms with E-state index in [4.69, 9.17) is 11.6 Å². The van der Waals surface area contributed by atoms with Crippen LogP contribution < -0.4 is 5.32 Å². The zero-order chi connectivity index (χ0) is 20.8. The van der Waals surface area contributed by atoms with Crippen LogP contribution >= 0.6 is 11.6 Å². The van der Waals surface area contributed by atoms with Gasteiger partial charge in [0.05, 0.1) is 10.6 Å². The molecule has 0 saturated heterocycles. The predicted molar refractivity (Wildman–Crippen MR) is 118 cm³/mol. The lowest BCUT2D eigenvalue weighted by Crippen LogP contribution is -2.03. The summed E-state index contributed by atoms with van der Waals surface area (Å²) in [5.41, 5.74) is 5.09. The lowest BCUT2D eigenvalue weighted by Gasteiger charge is -2.04. The van der Waals surface area contributed by atoms with Crippen molar-refractivity contribution in [3.05, 3.63) is 93.0 Å². The number of nitro groups is 1. The van der Waals surface area contributed by atoms with Crippen molar-refractivity contribution >= 4 is 51.4 Å². The van der Waals surface area contributed by atoms with Gasteiger partial charge >= 0.3 is 0 Å². The Bertz CT molecular complexity index is 1370. The molecule has 0 bridgehead atoms. The van der Waals surface area contributed by atoms with Crippen molar-refractivity contribution in [1.82, 2.24) is 4.98 Å². The third-order valence-electron chi connectivity index (χ3n) is 5.16. The maximum absolute atomic E-state index is 12.6. The summed E-state index contributed by atoms with van der Waals surface area (Å²) < 4.78 is 0. The van der Waals surface area contributed by atoms with E-state index >= 15 is 0 Å². The van der Waals surface area contributed by atoms with Gasteiger partial charge in [-0.1, -0.05) is 41.9 Å². The highest BCUT2D eigenvalue weighted by Crippen LogP contribution is 2.38. The Morgan fingerprint density at radius 3 is 2.53 bits per heavy atom. The number of para-hydroxylation sites is 1. The second-order valence-electron chi connectivity index (χ2n) is 6.97. The number of carbonyl (C=O) groups excluding carboxylic acids is 1. The van der Waals surface area contributed by atoms with Crippen molar-refractivity contribution < 1.29 is 9.72 Å². The summed E-state index contributed by atoms with van der Waals surface area (Å²) in [4.78, 5) is 26.9. The van der Waals surface area contributed by atoms with Crippen LogP contribution in [0.15, 0.2) is 66.7 Å². The molecular formula is C23H14ClN3O3. The summed E-state index contributed by atoms with van der Waals surface area (Å²) in [5.74, 6) is -0.210. The van der Waals surface area contributed by atoms with Crippen LogP contribution in [0.1, 0.15) is 11.1 Å². The average Bonchev–Trinajstić information content (AvgIpc) is 3.26. The number of aromatic amines is 1. The molecule has 146 valence electrons. The van der Waals surface area contributed by atoms with Crippen LogP contribution in [0.25, 0.3) is 33.8 Å². The Kier molecular flexibility index (Phi) is 4.15. The summed E-state index contributed by atoms with van der Waals surface area (Å²) in [7, 11) is 0. The number of hydrogen-bond donors (Lipinski definition) is 2. The SMILES string of the molecule is O=C1Nc2ccccc2/C1=C/c1c(-c2ccc(Cl)cc2)[nH]c2ccc([N+](=O)[O-])cc12. The molecule has 0 aliphatic carbocycles. The number of nitro benzene ring substituents is 1. The van der Waals surface area contributed by atoms with E-state index in [1.54, 1.807) is 24.3 Å². The van der Waals surface area contributed by atoms with E-state index in [1.807, 2.05) is 36.4 Å². The molecule has 1 amide bonds. The van der Waals surface area contributed by atoms with Gasteiger partial charge in [0.2, 0.25) is 0 Å². The monoisotopic (exact) mass is 415 g/mol. The van der Waals surface area contributed by atoms with Gasteiger partial charge in [0.1, 0.15) is 0 Å². The number of halogens is 1. The second-order valence-corrected chi connectivity index (χ2v) is 7.40. The molecule has 0 saturated carbocycles. The fraction of sp³-hybridized carbons (Fsp3) is 0. The smallest absolute Gasteiger partial charge is 0.270 e. The molecule has 3 aromatic carbocycles. The van der Waals surface area contributed by atoms with Crippen LogP contribution in [0, 0.1) is 10.1 Å². The molecule has 0 unspecified atom stereocenters. The van der Waals surface area contributed by atoms with Gasteiger partial charge in [0.25, 0.3) is 11.6 Å². The number of H-pyrrole nitrogens is 1. The maximum atomic E-state index is 12.6. The molecule has 1 aromatic heterocycles. The van der Waals surface area contributed by atoms with E-state index in [2.05, 4.69) is 10.3 Å². The summed E-state index contributed by atoms with van der Waals surface area (Å²) in [6.45, 7) is 0. The van der Waals surface area contributed by atoms with Gasteiger partial charge in [0, 0.05) is 50.4 Å². The fourth-order valence-electron chi connectivity index (χ4n) is 3.74. The molecule has 0 radical (unpaired) electrons. The molecule has 1 aliphatic rings. The van der Waals surface area contributed by atoms with Crippen molar-refractivity contribution in [3.63, 3.8) is 0 Å². The minimum atomic E-state index is -0.428. The first kappa shape index (κ1) is 18.1. The molecule has 4 aromatic rings. The number of hydrogen-bond acceptors (Lipinski definition) is 3. The maximum Gasteiger partial charge on any atom is 0.270 e. The molecular weight excluding hydrogens is 402 g/mol. The van der Waals surface area contributed by atoms with Gasteiger partial charge in [-0.15, -0.1) is 0 Å². The summed E-state index contributed by atoms with van der Waals surface area (Å²) in [6.07, 6.45) is 1.79. The average molecular weight is 416 g/mol. The lowest BCUT2D eigenvalue weighted by molar-refractivity contribution is -0.384. The number of nitrogens with zero attached hydrogens (tertiary/aromatic N) is 1. The highest BCUT2D eigenvalue weighted by Gasteiger charge is 2.25. The van der Waals surface area contributed by atoms with E-state index < -0.39 is 4.92 Å². The number of fused-ring (bicyclic) bond motifs is 2. The minimum absolute atomic E-state index is 0.0138. The van der Waals surface area contributed by atoms with E-state index in [-0.39, 0.29) is 11.6 Å². The van der Waals surface area contributed by atoms with Crippen LogP contribution in [0.3, 0.4) is 0 Å². The van der Waals surface area contributed by atoms with E-state index in [1.165, 1.54) is 12.1 Å². The van der Waals surface area contributed by atoms with Crippen molar-refractivity contribution in [2.75, 3.05) is 5.32 Å². The lowest BCUT2D eigenvalue weighted by atomic mass is 9.99. The quantitative estimate of drug-likeness (QED) is 0.248. The van der Waals surface area contributed by atoms with E-state index in [9.17, 15) is 14.9 Å². The number of nitrogens with one attached hydrogen (secondary N) is 2. The van der Waals surface area contributed by atoms with Crippen molar-refractivity contribution in [2.45, 2.75) is 0 Å². The third-order valence-corrected chi connectivity index (χ3v) is 5.42. The first-order valence-corrected chi connectivity index (χ1v) is 9.57. The van der Waals surface area contributed by atoms with E-state index in [0.717, 1.165) is 28.0 Å². The molecule has 7 heteroatoms. The molecule has 2 N–H and O–H groups in total. The Hall–Kier alpha value is -3.90. The zero-order valence-corrected chi connectivity index (χ0v) is 16.2. The predicted octanol–water partition coefficient (Wildman–Crippen LogP) is 5.89. The van der Waals surface area contributed by atoms with E-state index in [0.29, 0.717) is 21.5 Å². The largest absolute Gasteiger partial charge is 0.354 e. The Labute approximate surface area is 176 Å². The molecule has 30 heavy (non-hydrogen) atoms. The zero-order valence-electron chi connectivity index (χ0n) is 15.5. The van der Waals surface area contributed by atoms with Crippen LogP contribution in [-0.4, -0.2) is 15.8 Å². The Morgan fingerprint density at radius 2 is 1.77 bits per heavy atom. The van der Waals surface area contributed by atoms with Gasteiger partial charge in [-0.25, -0.2) is 0 Å². The minimum Gasteiger partial charge on any atom is -0.354 e. The standard InChI is InChI=1S/C23H14ClN3O3/c24-14-7-5-13(6-8-14)22-18(17-11-15(27(29)30)9-10-21(17)25-22)12-19-16-3-1-2-4-20(16)26-23(19)28/h1-12,25H,(H,26,28)/b19-12-. The normalized spacial score (nSPS) is 14.2. The van der Waals surface area contributed by atoms with Crippen molar-refractivity contribution in [3.8, 4) is 11.3 Å². The molecule has 0 spiro atoms. The molecule has 0 fully saturated rings. The highest BCUT2D eigenvalue weighted by molar-refractivity contribution is 6.35. The first-order valence-electron chi connectivity index (χ1n) is 9.20. The highest BCUT2D eigenvalue weighted by atomic mass is 35.5. The second kappa shape index (κ2) is 6.86. The van der Waals surface area contributed by atoms with Gasteiger partial charge < -0.3 is 10.3 Å². The number of non-ortho nitro benzene ring substituents is 1. The van der Waals surface area contributed by atoms with Crippen LogP contribution in [-0.2, 0) is 4.79 Å². The number of carbonyl (C=O) groups is 1. The number of anilines is 1. The van der Waals surface area contributed by atoms with Crippen LogP contribution in [0.5, 0.6) is 0 Å². The number of amides is 1. The number of rotatable bonds is 3. The molecule has 0 atom stereocenters. The van der Waals surface area contributed by atoms with Gasteiger partial charge in [-0.2, -0.15) is 0 Å². The number of benzene rings is 3. The first-order chi connectivity index (χ1) is 14.5. The summed E-state index contributed by atoms with van der Waals surface area (Å²) >= 11 is 6.04.